The Bertz CT molecular complexity index is 630. The lowest BCUT2D eigenvalue weighted by Crippen LogP contribution is -2.42. The van der Waals surface area contributed by atoms with E-state index in [2.05, 4.69) is 50.4 Å². The normalized spacial score (nSPS) is 24.6. The number of allylic oxidation sites excluding steroid dienone is 4. The standard InChI is InChI=1S/C26H44N2O3/c1-6-19(2)15-24(31-5)18-25(29)28-14-10-13-23(28)16-20(3)26(30)27-21(4)17-22-11-8-7-9-12-22/h7-9,11,19-24H,6,10,12-18H2,1-5H3,(H,27,30)/t19-,20+,21+,22?,23-,24-/m0/s1. The van der Waals surface area contributed by atoms with E-state index < -0.39 is 0 Å². The summed E-state index contributed by atoms with van der Waals surface area (Å²) < 4.78 is 5.59. The molecule has 1 saturated heterocycles. The number of carbonyl (C=O) groups is 2. The Morgan fingerprint density at radius 2 is 1.97 bits per heavy atom. The largest absolute Gasteiger partial charge is 0.381 e. The van der Waals surface area contributed by atoms with Crippen molar-refractivity contribution in [2.24, 2.45) is 17.8 Å². The van der Waals surface area contributed by atoms with E-state index in [1.54, 1.807) is 7.11 Å². The van der Waals surface area contributed by atoms with E-state index in [0.29, 0.717) is 18.3 Å². The smallest absolute Gasteiger partial charge is 0.225 e. The van der Waals surface area contributed by atoms with Gasteiger partial charge in [0.05, 0.1) is 12.5 Å². The highest BCUT2D eigenvalue weighted by molar-refractivity contribution is 5.79. The molecule has 0 radical (unpaired) electrons. The van der Waals surface area contributed by atoms with Gasteiger partial charge in [-0.1, -0.05) is 51.5 Å². The summed E-state index contributed by atoms with van der Waals surface area (Å²) in [7, 11) is 1.70. The maximum atomic E-state index is 13.0. The van der Waals surface area contributed by atoms with Gasteiger partial charge in [0.15, 0.2) is 0 Å². The quantitative estimate of drug-likeness (QED) is 0.478. The van der Waals surface area contributed by atoms with Crippen molar-refractivity contribution in [1.29, 1.82) is 0 Å². The third-order valence-electron chi connectivity index (χ3n) is 6.98. The van der Waals surface area contributed by atoms with E-state index in [-0.39, 0.29) is 35.9 Å². The number of nitrogens with one attached hydrogen (secondary N) is 1. The summed E-state index contributed by atoms with van der Waals surface area (Å²) in [5, 5.41) is 3.19. The van der Waals surface area contributed by atoms with Gasteiger partial charge in [-0.2, -0.15) is 0 Å². The topological polar surface area (TPSA) is 58.6 Å². The molecule has 1 fully saturated rings. The number of amides is 2. The molecule has 0 spiro atoms. The van der Waals surface area contributed by atoms with Gasteiger partial charge in [-0.05, 0) is 57.3 Å². The maximum absolute atomic E-state index is 13.0. The van der Waals surface area contributed by atoms with Crippen LogP contribution in [0, 0.1) is 17.8 Å². The Balaban J connectivity index is 1.81. The first-order valence-corrected chi connectivity index (χ1v) is 12.3. The van der Waals surface area contributed by atoms with E-state index in [9.17, 15) is 9.59 Å². The van der Waals surface area contributed by atoms with E-state index in [4.69, 9.17) is 4.74 Å². The van der Waals surface area contributed by atoms with Crippen LogP contribution in [-0.2, 0) is 14.3 Å². The molecule has 5 nitrogen and oxygen atoms in total. The maximum Gasteiger partial charge on any atom is 0.225 e. The molecule has 1 aliphatic carbocycles. The number of rotatable bonds is 12. The number of ether oxygens (including phenoxy) is 1. The van der Waals surface area contributed by atoms with Crippen molar-refractivity contribution in [2.45, 2.75) is 97.2 Å². The van der Waals surface area contributed by atoms with Crippen molar-refractivity contribution >= 4 is 11.8 Å². The number of nitrogens with zero attached hydrogens (tertiary/aromatic N) is 1. The van der Waals surface area contributed by atoms with Crippen LogP contribution in [0.25, 0.3) is 0 Å². The summed E-state index contributed by atoms with van der Waals surface area (Å²) in [6, 6.07) is 0.316. The van der Waals surface area contributed by atoms with Crippen LogP contribution in [0.4, 0.5) is 0 Å². The van der Waals surface area contributed by atoms with Crippen molar-refractivity contribution in [3.8, 4) is 0 Å². The number of hydrogen-bond donors (Lipinski definition) is 1. The van der Waals surface area contributed by atoms with E-state index in [0.717, 1.165) is 51.5 Å². The number of carbonyl (C=O) groups excluding carboxylic acids is 2. The van der Waals surface area contributed by atoms with Gasteiger partial charge in [0.2, 0.25) is 11.8 Å². The molecule has 1 unspecified atom stereocenters. The molecule has 2 amide bonds. The molecule has 2 rings (SSSR count). The summed E-state index contributed by atoms with van der Waals surface area (Å²) >= 11 is 0. The Morgan fingerprint density at radius 3 is 2.61 bits per heavy atom. The molecule has 2 aliphatic rings. The number of likely N-dealkylation sites (tertiary alicyclic amines) is 1. The predicted molar refractivity (Wildman–Crippen MR) is 127 cm³/mol. The molecule has 1 N–H and O–H groups in total. The van der Waals surface area contributed by atoms with Gasteiger partial charge < -0.3 is 15.0 Å². The SMILES string of the molecule is CC[C@H](C)C[C@@H](CC(=O)N1CCC[C@H]1C[C@@H](C)C(=O)N[C@H](C)CC1C=CC=CC1)OC. The molecule has 176 valence electrons. The Kier molecular flexibility index (Phi) is 10.8. The highest BCUT2D eigenvalue weighted by Crippen LogP contribution is 2.26. The van der Waals surface area contributed by atoms with Crippen molar-refractivity contribution in [3.63, 3.8) is 0 Å². The summed E-state index contributed by atoms with van der Waals surface area (Å²) in [5.41, 5.74) is 0. The molecule has 1 aliphatic heterocycles. The molecule has 0 aromatic rings. The third kappa shape index (κ3) is 8.44. The van der Waals surface area contributed by atoms with E-state index >= 15 is 0 Å². The van der Waals surface area contributed by atoms with Gasteiger partial charge in [0.1, 0.15) is 0 Å². The van der Waals surface area contributed by atoms with Gasteiger partial charge in [0.25, 0.3) is 0 Å². The Labute approximate surface area is 189 Å². The Hall–Kier alpha value is -1.62. The minimum atomic E-state index is -0.0963. The minimum Gasteiger partial charge on any atom is -0.381 e. The van der Waals surface area contributed by atoms with Gasteiger partial charge in [-0.25, -0.2) is 0 Å². The van der Waals surface area contributed by atoms with Crippen LogP contribution in [0.1, 0.15) is 79.1 Å². The molecule has 6 atom stereocenters. The molecule has 0 aromatic carbocycles. The van der Waals surface area contributed by atoms with Crippen molar-refractivity contribution in [3.05, 3.63) is 24.3 Å². The average Bonchev–Trinajstić information content (AvgIpc) is 3.21. The summed E-state index contributed by atoms with van der Waals surface area (Å²) in [6.07, 6.45) is 15.8. The van der Waals surface area contributed by atoms with Crippen LogP contribution in [0.15, 0.2) is 24.3 Å². The van der Waals surface area contributed by atoms with E-state index in [1.807, 2.05) is 11.8 Å². The molecular weight excluding hydrogens is 388 g/mol. The van der Waals surface area contributed by atoms with Crippen LogP contribution in [0.5, 0.6) is 0 Å². The number of methoxy groups -OCH3 is 1. The molecular formula is C26H44N2O3. The molecule has 5 heteroatoms. The van der Waals surface area contributed by atoms with Crippen molar-refractivity contribution in [2.75, 3.05) is 13.7 Å². The average molecular weight is 433 g/mol. The van der Waals surface area contributed by atoms with Crippen LogP contribution in [0.2, 0.25) is 0 Å². The Morgan fingerprint density at radius 1 is 1.19 bits per heavy atom. The zero-order chi connectivity index (χ0) is 22.8. The van der Waals surface area contributed by atoms with Gasteiger partial charge in [-0.3, -0.25) is 9.59 Å². The lowest BCUT2D eigenvalue weighted by Gasteiger charge is -2.29. The first-order valence-electron chi connectivity index (χ1n) is 12.3. The van der Waals surface area contributed by atoms with Crippen LogP contribution in [-0.4, -0.2) is 48.6 Å². The fourth-order valence-corrected chi connectivity index (χ4v) is 4.82. The summed E-state index contributed by atoms with van der Waals surface area (Å²) in [6.45, 7) is 9.26. The first kappa shape index (κ1) is 25.6. The first-order chi connectivity index (χ1) is 14.8. The molecule has 0 saturated carbocycles. The lowest BCUT2D eigenvalue weighted by atomic mass is 9.93. The van der Waals surface area contributed by atoms with Crippen molar-refractivity contribution in [1.82, 2.24) is 10.2 Å². The fraction of sp³-hybridized carbons (Fsp3) is 0.769. The molecule has 0 aromatic heterocycles. The minimum absolute atomic E-state index is 0.0195. The molecule has 0 bridgehead atoms. The zero-order valence-electron chi connectivity index (χ0n) is 20.3. The number of hydrogen-bond acceptors (Lipinski definition) is 3. The second-order valence-electron chi connectivity index (χ2n) is 9.79. The lowest BCUT2D eigenvalue weighted by molar-refractivity contribution is -0.136. The highest BCUT2D eigenvalue weighted by Gasteiger charge is 2.32. The zero-order valence-corrected chi connectivity index (χ0v) is 20.3. The van der Waals surface area contributed by atoms with Crippen LogP contribution < -0.4 is 5.32 Å². The highest BCUT2D eigenvalue weighted by atomic mass is 16.5. The monoisotopic (exact) mass is 432 g/mol. The second kappa shape index (κ2) is 13.0. The van der Waals surface area contributed by atoms with Gasteiger partial charge in [-0.15, -0.1) is 0 Å². The summed E-state index contributed by atoms with van der Waals surface area (Å²) in [4.78, 5) is 27.8. The third-order valence-corrected chi connectivity index (χ3v) is 6.98. The van der Waals surface area contributed by atoms with Gasteiger partial charge >= 0.3 is 0 Å². The van der Waals surface area contributed by atoms with Crippen LogP contribution >= 0.6 is 0 Å². The predicted octanol–water partition coefficient (Wildman–Crippen LogP) is 4.87. The molecule has 31 heavy (non-hydrogen) atoms. The summed E-state index contributed by atoms with van der Waals surface area (Å²) in [5.74, 6) is 1.24. The van der Waals surface area contributed by atoms with Crippen molar-refractivity contribution < 1.29 is 14.3 Å². The van der Waals surface area contributed by atoms with Gasteiger partial charge in [0, 0.05) is 31.7 Å². The van der Waals surface area contributed by atoms with E-state index in [1.165, 1.54) is 0 Å². The molecule has 1 heterocycles. The second-order valence-corrected chi connectivity index (χ2v) is 9.79. The fourth-order valence-electron chi connectivity index (χ4n) is 4.82. The van der Waals surface area contributed by atoms with Crippen LogP contribution in [0.3, 0.4) is 0 Å².